The Hall–Kier alpha value is -2.93. The van der Waals surface area contributed by atoms with E-state index >= 15 is 0 Å². The summed E-state index contributed by atoms with van der Waals surface area (Å²) in [4.78, 5) is 0.187. The van der Waals surface area contributed by atoms with Crippen molar-refractivity contribution in [2.45, 2.75) is 25.3 Å². The van der Waals surface area contributed by atoms with Gasteiger partial charge in [-0.3, -0.25) is 4.72 Å². The van der Waals surface area contributed by atoms with E-state index < -0.39 is 10.0 Å². The van der Waals surface area contributed by atoms with Gasteiger partial charge in [-0.25, -0.2) is 8.42 Å². The molecule has 0 bridgehead atoms. The summed E-state index contributed by atoms with van der Waals surface area (Å²) in [6.07, 6.45) is 0. The van der Waals surface area contributed by atoms with Gasteiger partial charge in [0, 0.05) is 6.54 Å². The van der Waals surface area contributed by atoms with Crippen molar-refractivity contribution in [3.8, 4) is 0 Å². The van der Waals surface area contributed by atoms with E-state index in [1.807, 2.05) is 38.1 Å². The Kier molecular flexibility index (Phi) is 5.18. The maximum absolute atomic E-state index is 12.4. The lowest BCUT2D eigenvalue weighted by Crippen LogP contribution is -2.14. The first-order chi connectivity index (χ1) is 12.4. The van der Waals surface area contributed by atoms with Crippen molar-refractivity contribution in [3.05, 3.63) is 77.4 Å². The second kappa shape index (κ2) is 7.53. The first-order valence-electron chi connectivity index (χ1n) is 8.16. The van der Waals surface area contributed by atoms with E-state index in [-0.39, 0.29) is 10.7 Å². The van der Waals surface area contributed by atoms with Gasteiger partial charge in [0.1, 0.15) is 5.82 Å². The lowest BCUT2D eigenvalue weighted by molar-refractivity contribution is 0.601. The topological polar surface area (TPSA) is 84.0 Å². The average molecular weight is 368 g/mol. The van der Waals surface area contributed by atoms with Gasteiger partial charge in [0.25, 0.3) is 10.0 Å². The molecule has 0 unspecified atom stereocenters. The van der Waals surface area contributed by atoms with Crippen LogP contribution in [0.1, 0.15) is 16.7 Å². The van der Waals surface area contributed by atoms with Gasteiger partial charge in [0.05, 0.1) is 4.90 Å². The predicted octanol–water partition coefficient (Wildman–Crippen LogP) is 3.51. The van der Waals surface area contributed by atoms with Crippen LogP contribution in [0.3, 0.4) is 0 Å². The number of nitrogens with one attached hydrogen (secondary N) is 2. The zero-order valence-electron chi connectivity index (χ0n) is 14.6. The minimum atomic E-state index is -3.68. The van der Waals surface area contributed by atoms with E-state index in [9.17, 15) is 8.42 Å². The molecular weight excluding hydrogens is 348 g/mol. The molecule has 0 amide bonds. The van der Waals surface area contributed by atoms with E-state index in [4.69, 9.17) is 0 Å². The van der Waals surface area contributed by atoms with E-state index in [0.717, 1.165) is 5.56 Å². The predicted molar refractivity (Wildman–Crippen MR) is 103 cm³/mol. The second-order valence-corrected chi connectivity index (χ2v) is 7.68. The van der Waals surface area contributed by atoms with Crippen LogP contribution >= 0.6 is 0 Å². The summed E-state index contributed by atoms with van der Waals surface area (Å²) in [5.41, 5.74) is 3.35. The van der Waals surface area contributed by atoms with Gasteiger partial charge in [-0.05, 0) is 49.2 Å². The number of aryl methyl sites for hydroxylation is 2. The molecule has 0 fully saturated rings. The molecule has 6 nitrogen and oxygen atoms in total. The molecule has 2 aromatic carbocycles. The highest BCUT2D eigenvalue weighted by Gasteiger charge is 2.14. The maximum atomic E-state index is 12.4. The molecule has 0 saturated heterocycles. The molecule has 2 N–H and O–H groups in total. The van der Waals surface area contributed by atoms with E-state index in [0.29, 0.717) is 12.4 Å². The smallest absolute Gasteiger partial charge is 0.263 e. The van der Waals surface area contributed by atoms with Crippen LogP contribution in [0.5, 0.6) is 0 Å². The number of rotatable bonds is 6. The Labute approximate surface area is 153 Å². The number of benzene rings is 2. The molecule has 7 heteroatoms. The lowest BCUT2D eigenvalue weighted by atomic mass is 10.1. The zero-order valence-corrected chi connectivity index (χ0v) is 15.4. The van der Waals surface area contributed by atoms with Crippen molar-refractivity contribution in [2.75, 3.05) is 10.0 Å². The summed E-state index contributed by atoms with van der Waals surface area (Å²) in [6.45, 7) is 4.57. The maximum Gasteiger partial charge on any atom is 0.263 e. The van der Waals surface area contributed by atoms with Crippen LogP contribution in [0.15, 0.2) is 65.6 Å². The van der Waals surface area contributed by atoms with Gasteiger partial charge in [-0.15, -0.1) is 10.2 Å². The molecule has 0 radical (unpaired) electrons. The quantitative estimate of drug-likeness (QED) is 0.696. The normalized spacial score (nSPS) is 11.2. The summed E-state index contributed by atoms with van der Waals surface area (Å²) in [6, 6.07) is 18.0. The van der Waals surface area contributed by atoms with Crippen molar-refractivity contribution in [1.82, 2.24) is 10.2 Å². The fourth-order valence-corrected chi connectivity index (χ4v) is 3.39. The molecule has 3 aromatic rings. The first-order valence-corrected chi connectivity index (χ1v) is 9.64. The lowest BCUT2D eigenvalue weighted by Gasteiger charge is -2.09. The number of hydrogen-bond acceptors (Lipinski definition) is 5. The highest BCUT2D eigenvalue weighted by Crippen LogP contribution is 2.16. The Balaban J connectivity index is 1.66. The van der Waals surface area contributed by atoms with Crippen molar-refractivity contribution < 1.29 is 8.42 Å². The molecule has 0 spiro atoms. The van der Waals surface area contributed by atoms with Crippen LogP contribution in [0.4, 0.5) is 11.6 Å². The zero-order chi connectivity index (χ0) is 18.6. The average Bonchev–Trinajstić information content (AvgIpc) is 2.62. The van der Waals surface area contributed by atoms with E-state index in [1.54, 1.807) is 36.4 Å². The molecule has 0 aliphatic rings. The minimum Gasteiger partial charge on any atom is -0.364 e. The first kappa shape index (κ1) is 17.9. The molecule has 0 aliphatic heterocycles. The number of anilines is 2. The fraction of sp³-hybridized carbons (Fsp3) is 0.158. The molecule has 134 valence electrons. The van der Waals surface area contributed by atoms with Gasteiger partial charge in [-0.1, -0.05) is 42.0 Å². The van der Waals surface area contributed by atoms with Crippen LogP contribution in [-0.2, 0) is 16.6 Å². The molecule has 3 rings (SSSR count). The van der Waals surface area contributed by atoms with Crippen molar-refractivity contribution in [3.63, 3.8) is 0 Å². The van der Waals surface area contributed by atoms with Crippen LogP contribution in [0.2, 0.25) is 0 Å². The number of hydrogen-bond donors (Lipinski definition) is 2. The number of nitrogens with zero attached hydrogens (tertiary/aromatic N) is 2. The van der Waals surface area contributed by atoms with E-state index in [2.05, 4.69) is 20.2 Å². The molecule has 26 heavy (non-hydrogen) atoms. The molecule has 0 saturated carbocycles. The van der Waals surface area contributed by atoms with Gasteiger partial charge in [0.15, 0.2) is 5.82 Å². The molecular formula is C19H20N4O2S. The number of aromatic nitrogens is 2. The standard InChI is InChI=1S/C19H20N4O2S/c1-14-7-9-17(10-8-14)26(24,25)23-19-12-11-18(21-22-19)20-13-16-6-4-3-5-15(16)2/h3-12H,13H2,1-2H3,(H,20,21)(H,22,23). The Morgan fingerprint density at radius 1 is 0.846 bits per heavy atom. The van der Waals surface area contributed by atoms with E-state index in [1.165, 1.54) is 11.1 Å². The monoisotopic (exact) mass is 368 g/mol. The molecule has 0 aliphatic carbocycles. The SMILES string of the molecule is Cc1ccc(S(=O)(=O)Nc2ccc(NCc3ccccc3C)nn2)cc1. The third kappa shape index (κ3) is 4.37. The third-order valence-electron chi connectivity index (χ3n) is 3.96. The van der Waals surface area contributed by atoms with Crippen LogP contribution in [0, 0.1) is 13.8 Å². The van der Waals surface area contributed by atoms with Crippen molar-refractivity contribution in [1.29, 1.82) is 0 Å². The van der Waals surface area contributed by atoms with Gasteiger partial charge in [0.2, 0.25) is 0 Å². The van der Waals surface area contributed by atoms with Crippen molar-refractivity contribution >= 4 is 21.7 Å². The number of sulfonamides is 1. The second-order valence-electron chi connectivity index (χ2n) is 6.00. The molecule has 1 aromatic heterocycles. The highest BCUT2D eigenvalue weighted by atomic mass is 32.2. The van der Waals surface area contributed by atoms with Gasteiger partial charge in [-0.2, -0.15) is 0 Å². The third-order valence-corrected chi connectivity index (χ3v) is 5.33. The minimum absolute atomic E-state index is 0.173. The molecule has 1 heterocycles. The summed E-state index contributed by atoms with van der Waals surface area (Å²) < 4.78 is 27.1. The van der Waals surface area contributed by atoms with Gasteiger partial charge < -0.3 is 5.32 Å². The van der Waals surface area contributed by atoms with Crippen LogP contribution in [0.25, 0.3) is 0 Å². The Bertz CT molecular complexity index is 985. The summed E-state index contributed by atoms with van der Waals surface area (Å²) in [5, 5.41) is 11.1. The van der Waals surface area contributed by atoms with Gasteiger partial charge >= 0.3 is 0 Å². The summed E-state index contributed by atoms with van der Waals surface area (Å²) in [7, 11) is -3.68. The largest absolute Gasteiger partial charge is 0.364 e. The Morgan fingerprint density at radius 3 is 2.15 bits per heavy atom. The summed E-state index contributed by atoms with van der Waals surface area (Å²) >= 11 is 0. The fourth-order valence-electron chi connectivity index (χ4n) is 2.39. The van der Waals surface area contributed by atoms with Crippen LogP contribution < -0.4 is 10.0 Å². The van der Waals surface area contributed by atoms with Crippen LogP contribution in [-0.4, -0.2) is 18.6 Å². The Morgan fingerprint density at radius 2 is 1.50 bits per heavy atom. The van der Waals surface area contributed by atoms with Crippen molar-refractivity contribution in [2.24, 2.45) is 0 Å². The highest BCUT2D eigenvalue weighted by molar-refractivity contribution is 7.92. The summed E-state index contributed by atoms with van der Waals surface area (Å²) in [5.74, 6) is 0.749. The molecule has 0 atom stereocenters.